The summed E-state index contributed by atoms with van der Waals surface area (Å²) >= 11 is 0. The van der Waals surface area contributed by atoms with Gasteiger partial charge >= 0.3 is 5.97 Å². The topological polar surface area (TPSA) is 47.6 Å². The molecule has 0 amide bonds. The van der Waals surface area contributed by atoms with Crippen molar-refractivity contribution in [2.24, 2.45) is 0 Å². The van der Waals surface area contributed by atoms with E-state index in [2.05, 4.69) is 10.1 Å². The molecule has 5 heteroatoms. The molecule has 0 unspecified atom stereocenters. The zero-order valence-corrected chi connectivity index (χ0v) is 8.17. The molecule has 0 bridgehead atoms. The van der Waals surface area contributed by atoms with Crippen LogP contribution in [0.3, 0.4) is 0 Å². The summed E-state index contributed by atoms with van der Waals surface area (Å²) in [4.78, 5) is 11.3. The van der Waals surface area contributed by atoms with Gasteiger partial charge in [-0.15, -0.1) is 0 Å². The number of nitrogens with one attached hydrogen (secondary N) is 1. The first-order valence-electron chi connectivity index (χ1n) is 4.51. The number of rotatable bonds is 1. The predicted octanol–water partition coefficient (Wildman–Crippen LogP) is 1.42. The number of halogens is 1. The molecule has 1 heterocycles. The molecular weight excluding hydrogens is 201 g/mol. The Morgan fingerprint density at radius 2 is 2.40 bits per heavy atom. The fourth-order valence-electron chi connectivity index (χ4n) is 1.48. The van der Waals surface area contributed by atoms with Crippen LogP contribution in [0.1, 0.15) is 10.4 Å². The van der Waals surface area contributed by atoms with Gasteiger partial charge in [0.1, 0.15) is 18.0 Å². The monoisotopic (exact) mass is 211 g/mol. The van der Waals surface area contributed by atoms with E-state index in [-0.39, 0.29) is 5.56 Å². The zero-order valence-electron chi connectivity index (χ0n) is 8.17. The first-order valence-corrected chi connectivity index (χ1v) is 4.51. The van der Waals surface area contributed by atoms with Crippen molar-refractivity contribution in [2.45, 2.75) is 0 Å². The maximum absolute atomic E-state index is 13.1. The molecule has 15 heavy (non-hydrogen) atoms. The smallest absolute Gasteiger partial charge is 0.341 e. The van der Waals surface area contributed by atoms with Crippen molar-refractivity contribution in [1.29, 1.82) is 0 Å². The van der Waals surface area contributed by atoms with E-state index in [0.29, 0.717) is 24.6 Å². The fraction of sp³-hybridized carbons (Fsp3) is 0.300. The molecule has 2 rings (SSSR count). The third-order valence-corrected chi connectivity index (χ3v) is 2.12. The molecule has 0 fully saturated rings. The summed E-state index contributed by atoms with van der Waals surface area (Å²) in [5, 5.41) is 2.95. The molecule has 1 aliphatic heterocycles. The molecule has 0 atom stereocenters. The number of hydrogen-bond acceptors (Lipinski definition) is 4. The molecule has 0 radical (unpaired) electrons. The van der Waals surface area contributed by atoms with E-state index in [1.807, 2.05) is 0 Å². The number of esters is 1. The summed E-state index contributed by atoms with van der Waals surface area (Å²) in [6, 6.07) is 2.40. The molecule has 0 aromatic heterocycles. The molecule has 0 spiro atoms. The molecule has 4 nitrogen and oxygen atoms in total. The van der Waals surface area contributed by atoms with E-state index >= 15 is 0 Å². The molecular formula is C10H10FNO3. The van der Waals surface area contributed by atoms with E-state index in [1.165, 1.54) is 13.2 Å². The lowest BCUT2D eigenvalue weighted by molar-refractivity contribution is 0.0595. The second-order valence-electron chi connectivity index (χ2n) is 3.10. The van der Waals surface area contributed by atoms with Crippen molar-refractivity contribution in [2.75, 3.05) is 25.6 Å². The molecule has 1 aromatic rings. The maximum Gasteiger partial charge on any atom is 0.341 e. The Kier molecular flexibility index (Phi) is 2.45. The standard InChI is InChI=1S/C10H10FNO3/c1-14-10(13)7-4-6(11)5-8-9(7)15-3-2-12-8/h4-5,12H,2-3H2,1H3. The van der Waals surface area contributed by atoms with Crippen molar-refractivity contribution >= 4 is 11.7 Å². The van der Waals surface area contributed by atoms with Crippen LogP contribution < -0.4 is 10.1 Å². The summed E-state index contributed by atoms with van der Waals surface area (Å²) in [6.45, 7) is 1.04. The number of benzene rings is 1. The van der Waals surface area contributed by atoms with Gasteiger partial charge in [-0.1, -0.05) is 0 Å². The largest absolute Gasteiger partial charge is 0.489 e. The van der Waals surface area contributed by atoms with Crippen LogP contribution in [0.15, 0.2) is 12.1 Å². The Hall–Kier alpha value is -1.78. The number of fused-ring (bicyclic) bond motifs is 1. The van der Waals surface area contributed by atoms with Gasteiger partial charge in [-0.3, -0.25) is 0 Å². The number of methoxy groups -OCH3 is 1. The number of ether oxygens (including phenoxy) is 2. The molecule has 0 aliphatic carbocycles. The second-order valence-corrected chi connectivity index (χ2v) is 3.10. The lowest BCUT2D eigenvalue weighted by Crippen LogP contribution is -2.20. The van der Waals surface area contributed by atoms with Gasteiger partial charge in [0, 0.05) is 12.6 Å². The molecule has 0 saturated heterocycles. The van der Waals surface area contributed by atoms with Crippen LogP contribution >= 0.6 is 0 Å². The Morgan fingerprint density at radius 3 is 3.13 bits per heavy atom. The van der Waals surface area contributed by atoms with Crippen LogP contribution in [-0.2, 0) is 4.74 Å². The van der Waals surface area contributed by atoms with Crippen LogP contribution in [-0.4, -0.2) is 26.2 Å². The quantitative estimate of drug-likeness (QED) is 0.713. The summed E-state index contributed by atoms with van der Waals surface area (Å²) < 4.78 is 23.0. The minimum Gasteiger partial charge on any atom is -0.489 e. The molecule has 0 saturated carbocycles. The van der Waals surface area contributed by atoms with Gasteiger partial charge in [-0.25, -0.2) is 9.18 Å². The Bertz CT molecular complexity index is 406. The lowest BCUT2D eigenvalue weighted by Gasteiger charge is -2.21. The number of carbonyl (C=O) groups excluding carboxylic acids is 1. The molecule has 80 valence electrons. The van der Waals surface area contributed by atoms with Crippen LogP contribution in [0.25, 0.3) is 0 Å². The Morgan fingerprint density at radius 1 is 1.60 bits per heavy atom. The van der Waals surface area contributed by atoms with E-state index in [9.17, 15) is 9.18 Å². The second kappa shape index (κ2) is 3.76. The van der Waals surface area contributed by atoms with Crippen molar-refractivity contribution in [3.8, 4) is 5.75 Å². The van der Waals surface area contributed by atoms with Crippen LogP contribution in [0, 0.1) is 5.82 Å². The van der Waals surface area contributed by atoms with Crippen LogP contribution in [0.4, 0.5) is 10.1 Å². The van der Waals surface area contributed by atoms with Gasteiger partial charge < -0.3 is 14.8 Å². The van der Waals surface area contributed by atoms with Gasteiger partial charge in [0.25, 0.3) is 0 Å². The van der Waals surface area contributed by atoms with Gasteiger partial charge in [-0.2, -0.15) is 0 Å². The van der Waals surface area contributed by atoms with E-state index in [4.69, 9.17) is 4.74 Å². The van der Waals surface area contributed by atoms with E-state index in [1.54, 1.807) is 0 Å². The fourth-order valence-corrected chi connectivity index (χ4v) is 1.48. The van der Waals surface area contributed by atoms with E-state index < -0.39 is 11.8 Å². The van der Waals surface area contributed by atoms with Crippen molar-refractivity contribution in [3.05, 3.63) is 23.5 Å². The SMILES string of the molecule is COC(=O)c1cc(F)cc2c1OCCN2. The van der Waals surface area contributed by atoms with Crippen molar-refractivity contribution in [1.82, 2.24) is 0 Å². The first kappa shape index (κ1) is 9.76. The Labute approximate surface area is 86.0 Å². The van der Waals surface area contributed by atoms with Gasteiger partial charge in [0.05, 0.1) is 12.8 Å². The highest BCUT2D eigenvalue weighted by Gasteiger charge is 2.21. The normalized spacial score (nSPS) is 13.5. The van der Waals surface area contributed by atoms with Crippen LogP contribution in [0.2, 0.25) is 0 Å². The van der Waals surface area contributed by atoms with Crippen LogP contribution in [0.5, 0.6) is 5.75 Å². The summed E-state index contributed by atoms with van der Waals surface area (Å²) in [6.07, 6.45) is 0. The lowest BCUT2D eigenvalue weighted by atomic mass is 10.1. The minimum atomic E-state index is -0.602. The minimum absolute atomic E-state index is 0.111. The van der Waals surface area contributed by atoms with Gasteiger partial charge in [0.15, 0.2) is 5.75 Å². The summed E-state index contributed by atoms with van der Waals surface area (Å²) in [7, 11) is 1.25. The third kappa shape index (κ3) is 1.72. The number of hydrogen-bond donors (Lipinski definition) is 1. The highest BCUT2D eigenvalue weighted by Crippen LogP contribution is 2.32. The maximum atomic E-state index is 13.1. The third-order valence-electron chi connectivity index (χ3n) is 2.12. The average Bonchev–Trinajstić information content (AvgIpc) is 2.26. The average molecular weight is 211 g/mol. The highest BCUT2D eigenvalue weighted by molar-refractivity contribution is 5.95. The van der Waals surface area contributed by atoms with Crippen molar-refractivity contribution in [3.63, 3.8) is 0 Å². The predicted molar refractivity (Wildman–Crippen MR) is 51.7 cm³/mol. The van der Waals surface area contributed by atoms with Gasteiger partial charge in [0.2, 0.25) is 0 Å². The number of carbonyl (C=O) groups is 1. The summed E-state index contributed by atoms with van der Waals surface area (Å²) in [5.41, 5.74) is 0.598. The highest BCUT2D eigenvalue weighted by atomic mass is 19.1. The van der Waals surface area contributed by atoms with Gasteiger partial charge in [-0.05, 0) is 6.07 Å². The first-order chi connectivity index (χ1) is 7.22. The zero-order chi connectivity index (χ0) is 10.8. The van der Waals surface area contributed by atoms with E-state index in [0.717, 1.165) is 6.07 Å². The Balaban J connectivity index is 2.52. The molecule has 1 aliphatic rings. The molecule has 1 aromatic carbocycles. The summed E-state index contributed by atoms with van der Waals surface area (Å²) in [5.74, 6) is -0.740. The number of anilines is 1. The van der Waals surface area contributed by atoms with Crippen molar-refractivity contribution < 1.29 is 18.7 Å². The molecule has 1 N–H and O–H groups in total.